The number of nitro groups is 1. The second-order valence-corrected chi connectivity index (χ2v) is 2.67. The molecule has 1 rings (SSSR count). The molecule has 0 radical (unpaired) electrons. The standard InChI is InChI=1S/C6H5BClNO5/c8-6-4(9(12)13)2-1-3-5(6)14-7(10)11/h1-3,10-11H. The van der Waals surface area contributed by atoms with Crippen LogP contribution in [-0.2, 0) is 0 Å². The molecule has 0 unspecified atom stereocenters. The molecule has 0 atom stereocenters. The second kappa shape index (κ2) is 4.27. The molecule has 0 heterocycles. The Kier molecular flexibility index (Phi) is 3.29. The molecule has 0 aromatic heterocycles. The first-order chi connectivity index (χ1) is 6.52. The van der Waals surface area contributed by atoms with Crippen molar-refractivity contribution in [2.75, 3.05) is 0 Å². The fourth-order valence-electron chi connectivity index (χ4n) is 0.845. The van der Waals surface area contributed by atoms with Gasteiger partial charge in [0.1, 0.15) is 5.75 Å². The summed E-state index contributed by atoms with van der Waals surface area (Å²) in [6, 6.07) is 3.79. The highest BCUT2D eigenvalue weighted by molar-refractivity contribution is 6.37. The Morgan fingerprint density at radius 3 is 2.64 bits per heavy atom. The number of nitrogens with zero attached hydrogens (tertiary/aromatic N) is 1. The molecule has 0 amide bonds. The Hall–Kier alpha value is -1.31. The Labute approximate surface area is 84.0 Å². The molecule has 2 N–H and O–H groups in total. The van der Waals surface area contributed by atoms with Crippen LogP contribution in [0.25, 0.3) is 0 Å². The van der Waals surface area contributed by atoms with Crippen LogP contribution in [0.1, 0.15) is 0 Å². The smallest absolute Gasteiger partial charge is 0.510 e. The van der Waals surface area contributed by atoms with E-state index in [0.29, 0.717) is 0 Å². The Morgan fingerprint density at radius 1 is 1.50 bits per heavy atom. The number of rotatable bonds is 3. The number of hydrogen-bond donors (Lipinski definition) is 2. The van der Waals surface area contributed by atoms with Gasteiger partial charge in [0.25, 0.3) is 5.69 Å². The topological polar surface area (TPSA) is 92.8 Å². The van der Waals surface area contributed by atoms with Crippen molar-refractivity contribution in [3.8, 4) is 5.75 Å². The van der Waals surface area contributed by atoms with Gasteiger partial charge in [0.15, 0.2) is 5.02 Å². The number of hydrogen-bond acceptors (Lipinski definition) is 5. The predicted molar refractivity (Wildman–Crippen MR) is 48.9 cm³/mol. The number of nitro benzene ring substituents is 1. The minimum absolute atomic E-state index is 0.157. The maximum absolute atomic E-state index is 10.4. The van der Waals surface area contributed by atoms with E-state index in [4.69, 9.17) is 21.6 Å². The van der Waals surface area contributed by atoms with Gasteiger partial charge in [-0.05, 0) is 6.07 Å². The number of halogens is 1. The van der Waals surface area contributed by atoms with Crippen LogP contribution in [-0.4, -0.2) is 22.3 Å². The molecule has 74 valence electrons. The van der Waals surface area contributed by atoms with Crippen molar-refractivity contribution in [2.45, 2.75) is 0 Å². The van der Waals surface area contributed by atoms with Gasteiger partial charge in [-0.1, -0.05) is 17.7 Å². The predicted octanol–water partition coefficient (Wildman–Crippen LogP) is 0.597. The van der Waals surface area contributed by atoms with Crippen molar-refractivity contribution >= 4 is 24.6 Å². The summed E-state index contributed by atoms with van der Waals surface area (Å²) in [6.45, 7) is 0. The Balaban J connectivity index is 3.07. The zero-order chi connectivity index (χ0) is 10.7. The SMILES string of the molecule is O=[N+]([O-])c1cccc(OB(O)O)c1Cl. The van der Waals surface area contributed by atoms with E-state index in [0.717, 1.165) is 0 Å². The highest BCUT2D eigenvalue weighted by Crippen LogP contribution is 2.33. The summed E-state index contributed by atoms with van der Waals surface area (Å²) in [6.07, 6.45) is 0. The molecule has 0 aliphatic carbocycles. The molecule has 0 aliphatic rings. The van der Waals surface area contributed by atoms with Gasteiger partial charge in [-0.15, -0.1) is 0 Å². The molecule has 14 heavy (non-hydrogen) atoms. The van der Waals surface area contributed by atoms with E-state index in [-0.39, 0.29) is 16.5 Å². The van der Waals surface area contributed by atoms with Gasteiger partial charge in [0.2, 0.25) is 0 Å². The minimum Gasteiger partial charge on any atom is -0.510 e. The van der Waals surface area contributed by atoms with Crippen LogP contribution < -0.4 is 4.65 Å². The fraction of sp³-hybridized carbons (Fsp3) is 0. The lowest BCUT2D eigenvalue weighted by Crippen LogP contribution is -2.20. The molecule has 1 aromatic rings. The highest BCUT2D eigenvalue weighted by atomic mass is 35.5. The van der Waals surface area contributed by atoms with Gasteiger partial charge >= 0.3 is 7.32 Å². The van der Waals surface area contributed by atoms with Crippen molar-refractivity contribution in [1.82, 2.24) is 0 Å². The fourth-order valence-corrected chi connectivity index (χ4v) is 1.08. The summed E-state index contributed by atoms with van der Waals surface area (Å²) in [4.78, 5) is 9.70. The average Bonchev–Trinajstić information content (AvgIpc) is 2.07. The van der Waals surface area contributed by atoms with Gasteiger partial charge < -0.3 is 14.7 Å². The van der Waals surface area contributed by atoms with E-state index in [1.807, 2.05) is 0 Å². The summed E-state index contributed by atoms with van der Waals surface area (Å²) in [5.41, 5.74) is -0.357. The molecule has 0 saturated carbocycles. The van der Waals surface area contributed by atoms with Crippen molar-refractivity contribution in [3.05, 3.63) is 33.3 Å². The molecule has 0 saturated heterocycles. The number of benzene rings is 1. The zero-order valence-corrected chi connectivity index (χ0v) is 7.51. The van der Waals surface area contributed by atoms with Crippen LogP contribution in [0.5, 0.6) is 5.75 Å². The monoisotopic (exact) mass is 217 g/mol. The lowest BCUT2D eigenvalue weighted by Gasteiger charge is -2.05. The van der Waals surface area contributed by atoms with E-state index in [1.54, 1.807) is 0 Å². The summed E-state index contributed by atoms with van der Waals surface area (Å²) in [7, 11) is -2.06. The van der Waals surface area contributed by atoms with Gasteiger partial charge in [-0.3, -0.25) is 10.1 Å². The van der Waals surface area contributed by atoms with Crippen LogP contribution in [0, 0.1) is 10.1 Å². The van der Waals surface area contributed by atoms with Crippen LogP contribution in [0.15, 0.2) is 18.2 Å². The minimum atomic E-state index is -2.06. The van der Waals surface area contributed by atoms with E-state index < -0.39 is 12.2 Å². The molecule has 0 aliphatic heterocycles. The van der Waals surface area contributed by atoms with E-state index in [1.165, 1.54) is 18.2 Å². The third-order valence-corrected chi connectivity index (χ3v) is 1.75. The van der Waals surface area contributed by atoms with E-state index in [2.05, 4.69) is 4.65 Å². The highest BCUT2D eigenvalue weighted by Gasteiger charge is 2.20. The second-order valence-electron chi connectivity index (χ2n) is 2.29. The van der Waals surface area contributed by atoms with Gasteiger partial charge in [0, 0.05) is 6.07 Å². The first-order valence-corrected chi connectivity index (χ1v) is 3.86. The molecule has 6 nitrogen and oxygen atoms in total. The quantitative estimate of drug-likeness (QED) is 0.439. The molecule has 8 heteroatoms. The van der Waals surface area contributed by atoms with Crippen molar-refractivity contribution in [1.29, 1.82) is 0 Å². The van der Waals surface area contributed by atoms with Crippen molar-refractivity contribution in [2.24, 2.45) is 0 Å². The molecular weight excluding hydrogens is 212 g/mol. The molecule has 0 fully saturated rings. The van der Waals surface area contributed by atoms with Crippen LogP contribution in [0.2, 0.25) is 5.02 Å². The maximum atomic E-state index is 10.4. The summed E-state index contributed by atoms with van der Waals surface area (Å²) in [5, 5.41) is 27.1. The van der Waals surface area contributed by atoms with Crippen molar-refractivity contribution in [3.63, 3.8) is 0 Å². The van der Waals surface area contributed by atoms with Crippen LogP contribution >= 0.6 is 11.6 Å². The normalized spacial score (nSPS) is 9.64. The average molecular weight is 217 g/mol. The molecule has 0 spiro atoms. The van der Waals surface area contributed by atoms with Gasteiger partial charge in [0.05, 0.1) is 4.92 Å². The van der Waals surface area contributed by atoms with Crippen LogP contribution in [0.4, 0.5) is 5.69 Å². The summed E-state index contributed by atoms with van der Waals surface area (Å²) >= 11 is 5.56. The van der Waals surface area contributed by atoms with Gasteiger partial charge in [-0.2, -0.15) is 0 Å². The molecule has 0 bridgehead atoms. The summed E-state index contributed by atoms with van der Waals surface area (Å²) in [5.74, 6) is -0.157. The lowest BCUT2D eigenvalue weighted by molar-refractivity contribution is -0.384. The van der Waals surface area contributed by atoms with Gasteiger partial charge in [-0.25, -0.2) is 0 Å². The largest absolute Gasteiger partial charge is 0.707 e. The summed E-state index contributed by atoms with van der Waals surface area (Å²) < 4.78 is 4.41. The van der Waals surface area contributed by atoms with Crippen LogP contribution in [0.3, 0.4) is 0 Å². The third-order valence-electron chi connectivity index (χ3n) is 1.37. The third kappa shape index (κ3) is 2.35. The maximum Gasteiger partial charge on any atom is 0.707 e. The Bertz CT molecular complexity index is 358. The van der Waals surface area contributed by atoms with E-state index in [9.17, 15) is 10.1 Å². The molecular formula is C6H5BClNO5. The first-order valence-electron chi connectivity index (χ1n) is 3.48. The van der Waals surface area contributed by atoms with Crippen molar-refractivity contribution < 1.29 is 19.6 Å². The first kappa shape index (κ1) is 10.8. The van der Waals surface area contributed by atoms with E-state index >= 15 is 0 Å². The lowest BCUT2D eigenvalue weighted by atomic mass is 10.2. The molecule has 1 aromatic carbocycles. The zero-order valence-electron chi connectivity index (χ0n) is 6.75. The Morgan fingerprint density at radius 2 is 2.14 bits per heavy atom.